The molecule has 3 heteroatoms. The van der Waals surface area contributed by atoms with Gasteiger partial charge in [-0.15, -0.1) is 0 Å². The normalized spacial score (nSPS) is 15.9. The van der Waals surface area contributed by atoms with E-state index in [-0.39, 0.29) is 11.7 Å². The predicted octanol–water partition coefficient (Wildman–Crippen LogP) is 3.40. The number of nitrogens with zero attached hydrogens (tertiary/aromatic N) is 1. The van der Waals surface area contributed by atoms with Gasteiger partial charge < -0.3 is 4.74 Å². The molecule has 0 aromatic heterocycles. The lowest BCUT2D eigenvalue weighted by molar-refractivity contribution is -0.120. The molecule has 100 valence electrons. The average molecular weight is 257 g/mol. The van der Waals surface area contributed by atoms with Gasteiger partial charge in [0.25, 0.3) is 0 Å². The Bertz CT molecular complexity index is 524. The number of carbonyl (C=O) groups excluding carboxylic acids is 1. The van der Waals surface area contributed by atoms with Crippen molar-refractivity contribution in [3.8, 4) is 11.8 Å². The molecule has 1 aromatic rings. The van der Waals surface area contributed by atoms with Crippen molar-refractivity contribution in [3.05, 3.63) is 29.3 Å². The van der Waals surface area contributed by atoms with Gasteiger partial charge in [-0.3, -0.25) is 4.79 Å². The van der Waals surface area contributed by atoms with Crippen LogP contribution in [0, 0.1) is 17.2 Å². The zero-order chi connectivity index (χ0) is 14.0. The van der Waals surface area contributed by atoms with Crippen LogP contribution >= 0.6 is 0 Å². The zero-order valence-corrected chi connectivity index (χ0v) is 11.6. The van der Waals surface area contributed by atoms with Crippen molar-refractivity contribution in [2.75, 3.05) is 7.11 Å². The molecule has 1 aliphatic carbocycles. The van der Waals surface area contributed by atoms with Crippen LogP contribution in [0.2, 0.25) is 0 Å². The van der Waals surface area contributed by atoms with E-state index in [0.29, 0.717) is 17.2 Å². The lowest BCUT2D eigenvalue weighted by Crippen LogP contribution is -2.14. The minimum absolute atomic E-state index is 0.0432. The molecule has 3 nitrogen and oxygen atoms in total. The number of benzene rings is 1. The summed E-state index contributed by atoms with van der Waals surface area (Å²) >= 11 is 0. The summed E-state index contributed by atoms with van der Waals surface area (Å²) in [6, 6.07) is 7.94. The molecule has 1 atom stereocenters. The number of Topliss-reactive ketones (excluding diaryl/α,β-unsaturated/α-hetero) is 1. The van der Waals surface area contributed by atoms with Gasteiger partial charge >= 0.3 is 0 Å². The topological polar surface area (TPSA) is 50.1 Å². The van der Waals surface area contributed by atoms with Gasteiger partial charge in [-0.25, -0.2) is 0 Å². The van der Waals surface area contributed by atoms with Gasteiger partial charge in [-0.2, -0.15) is 5.26 Å². The van der Waals surface area contributed by atoms with Crippen molar-refractivity contribution < 1.29 is 9.53 Å². The summed E-state index contributed by atoms with van der Waals surface area (Å²) in [7, 11) is 1.57. The van der Waals surface area contributed by atoms with E-state index >= 15 is 0 Å². The maximum absolute atomic E-state index is 12.2. The van der Waals surface area contributed by atoms with Crippen LogP contribution in [0.1, 0.15) is 49.7 Å². The Balaban J connectivity index is 2.42. The van der Waals surface area contributed by atoms with E-state index in [9.17, 15) is 10.1 Å². The minimum Gasteiger partial charge on any atom is -0.496 e. The highest BCUT2D eigenvalue weighted by Crippen LogP contribution is 2.38. The molecule has 0 amide bonds. The lowest BCUT2D eigenvalue weighted by Gasteiger charge is -2.15. The third-order valence-electron chi connectivity index (χ3n) is 3.62. The highest BCUT2D eigenvalue weighted by Gasteiger charge is 2.36. The second kappa shape index (κ2) is 5.44. The molecule has 0 spiro atoms. The van der Waals surface area contributed by atoms with Gasteiger partial charge in [-0.1, -0.05) is 26.0 Å². The number of carbonyl (C=O) groups is 1. The lowest BCUT2D eigenvalue weighted by atomic mass is 9.89. The van der Waals surface area contributed by atoms with E-state index in [1.54, 1.807) is 7.11 Å². The van der Waals surface area contributed by atoms with Gasteiger partial charge in [0, 0.05) is 11.5 Å². The molecule has 0 bridgehead atoms. The molecule has 2 rings (SSSR count). The summed E-state index contributed by atoms with van der Waals surface area (Å²) in [5.74, 6) is 0.421. The van der Waals surface area contributed by atoms with Crippen LogP contribution in [-0.2, 0) is 4.79 Å². The second-order valence-corrected chi connectivity index (χ2v) is 5.39. The summed E-state index contributed by atoms with van der Waals surface area (Å²) in [6.07, 6.45) is 1.84. The van der Waals surface area contributed by atoms with Crippen molar-refractivity contribution in [1.29, 1.82) is 5.26 Å². The number of hydrogen-bond donors (Lipinski definition) is 0. The molecule has 0 saturated heterocycles. The van der Waals surface area contributed by atoms with Crippen LogP contribution in [0.15, 0.2) is 18.2 Å². The third kappa shape index (κ3) is 2.78. The number of ketones is 1. The van der Waals surface area contributed by atoms with Crippen LogP contribution in [0.25, 0.3) is 0 Å². The minimum atomic E-state index is -0.693. The maximum atomic E-state index is 12.2. The number of methoxy groups -OCH3 is 1. The highest BCUT2D eigenvalue weighted by atomic mass is 16.5. The van der Waals surface area contributed by atoms with Crippen LogP contribution < -0.4 is 4.74 Å². The standard InChI is InChI=1S/C16H19NO2/c1-10(2)12-6-7-15(19-3)13(8-12)14(9-17)16(18)11-4-5-11/h6-8,10-11,14H,4-5H2,1-3H3. The Morgan fingerprint density at radius 1 is 1.42 bits per heavy atom. The first kappa shape index (κ1) is 13.6. The van der Waals surface area contributed by atoms with Crippen LogP contribution in [0.3, 0.4) is 0 Å². The monoisotopic (exact) mass is 257 g/mol. The van der Waals surface area contributed by atoms with Crippen molar-refractivity contribution in [1.82, 2.24) is 0 Å². The predicted molar refractivity (Wildman–Crippen MR) is 73.2 cm³/mol. The Morgan fingerprint density at radius 3 is 2.58 bits per heavy atom. The smallest absolute Gasteiger partial charge is 0.157 e. The van der Waals surface area contributed by atoms with Gasteiger partial charge in [0.1, 0.15) is 11.7 Å². The summed E-state index contributed by atoms with van der Waals surface area (Å²) in [5, 5.41) is 9.35. The number of nitriles is 1. The van der Waals surface area contributed by atoms with Crippen molar-refractivity contribution >= 4 is 5.78 Å². The van der Waals surface area contributed by atoms with Gasteiger partial charge in [-0.05, 0) is 30.4 Å². The van der Waals surface area contributed by atoms with E-state index in [1.807, 2.05) is 18.2 Å². The first-order valence-electron chi connectivity index (χ1n) is 6.69. The first-order valence-corrected chi connectivity index (χ1v) is 6.69. The molecule has 0 radical (unpaired) electrons. The Morgan fingerprint density at radius 2 is 2.11 bits per heavy atom. The largest absolute Gasteiger partial charge is 0.496 e. The second-order valence-electron chi connectivity index (χ2n) is 5.39. The van der Waals surface area contributed by atoms with E-state index in [0.717, 1.165) is 18.4 Å². The third-order valence-corrected chi connectivity index (χ3v) is 3.62. The SMILES string of the molecule is COc1ccc(C(C)C)cc1C(C#N)C(=O)C1CC1. The number of ether oxygens (including phenoxy) is 1. The van der Waals surface area contributed by atoms with Crippen molar-refractivity contribution in [2.45, 2.75) is 38.5 Å². The van der Waals surface area contributed by atoms with Crippen molar-refractivity contribution in [2.24, 2.45) is 5.92 Å². The molecule has 0 heterocycles. The highest BCUT2D eigenvalue weighted by molar-refractivity contribution is 5.92. The Kier molecular flexibility index (Phi) is 3.90. The Labute approximate surface area is 114 Å². The van der Waals surface area contributed by atoms with Crippen LogP contribution in [0.4, 0.5) is 0 Å². The summed E-state index contributed by atoms with van der Waals surface area (Å²) in [6.45, 7) is 4.19. The van der Waals surface area contributed by atoms with Gasteiger partial charge in [0.15, 0.2) is 5.78 Å². The quantitative estimate of drug-likeness (QED) is 0.812. The molecule has 1 saturated carbocycles. The van der Waals surface area contributed by atoms with Crippen molar-refractivity contribution in [3.63, 3.8) is 0 Å². The summed E-state index contributed by atoms with van der Waals surface area (Å²) in [5.41, 5.74) is 1.84. The molecular formula is C16H19NO2. The fraction of sp³-hybridized carbons (Fsp3) is 0.500. The molecule has 19 heavy (non-hydrogen) atoms. The van der Waals surface area contributed by atoms with E-state index in [1.165, 1.54) is 0 Å². The van der Waals surface area contributed by atoms with E-state index in [2.05, 4.69) is 19.9 Å². The van der Waals surface area contributed by atoms with Gasteiger partial charge in [0.2, 0.25) is 0 Å². The number of hydrogen-bond acceptors (Lipinski definition) is 3. The van der Waals surface area contributed by atoms with Gasteiger partial charge in [0.05, 0.1) is 13.2 Å². The average Bonchev–Trinajstić information content (AvgIpc) is 3.23. The summed E-state index contributed by atoms with van der Waals surface area (Å²) in [4.78, 5) is 12.2. The number of rotatable bonds is 5. The first-order chi connectivity index (χ1) is 9.08. The fourth-order valence-electron chi connectivity index (χ4n) is 2.23. The fourth-order valence-corrected chi connectivity index (χ4v) is 2.23. The molecule has 1 aromatic carbocycles. The Hall–Kier alpha value is -1.82. The maximum Gasteiger partial charge on any atom is 0.157 e. The molecule has 1 unspecified atom stereocenters. The molecule has 1 fully saturated rings. The molecular weight excluding hydrogens is 238 g/mol. The molecule has 0 N–H and O–H groups in total. The zero-order valence-electron chi connectivity index (χ0n) is 11.6. The van der Waals surface area contributed by atoms with Crippen LogP contribution in [-0.4, -0.2) is 12.9 Å². The molecule has 0 aliphatic heterocycles. The molecule has 1 aliphatic rings. The van der Waals surface area contributed by atoms with Crippen LogP contribution in [0.5, 0.6) is 5.75 Å². The summed E-state index contributed by atoms with van der Waals surface area (Å²) < 4.78 is 5.31. The van der Waals surface area contributed by atoms with E-state index in [4.69, 9.17) is 4.74 Å². The van der Waals surface area contributed by atoms with E-state index < -0.39 is 5.92 Å².